The number of allylic oxidation sites excluding steroid dienone is 2. The molecule has 0 radical (unpaired) electrons. The Morgan fingerprint density at radius 2 is 1.25 bits per heavy atom. The molecule has 64 valence electrons. The summed E-state index contributed by atoms with van der Waals surface area (Å²) in [5.41, 5.74) is 3.87. The summed E-state index contributed by atoms with van der Waals surface area (Å²) in [5, 5.41) is 0. The second-order valence-corrected chi connectivity index (χ2v) is 5.28. The Bertz CT molecular complexity index is 246. The third-order valence-electron chi connectivity index (χ3n) is 4.78. The van der Waals surface area contributed by atoms with Crippen LogP contribution in [-0.2, 0) is 0 Å². The van der Waals surface area contributed by atoms with E-state index in [1.54, 1.807) is 12.8 Å². The second-order valence-electron chi connectivity index (χ2n) is 5.28. The Hall–Kier alpha value is -0.260. The molecule has 4 aliphatic rings. The van der Waals surface area contributed by atoms with Crippen LogP contribution < -0.4 is 0 Å². The van der Waals surface area contributed by atoms with Gasteiger partial charge in [-0.25, -0.2) is 0 Å². The molecule has 0 nitrogen and oxygen atoms in total. The van der Waals surface area contributed by atoms with E-state index < -0.39 is 0 Å². The average molecular weight is 160 g/mol. The zero-order chi connectivity index (χ0) is 7.71. The smallest absolute Gasteiger partial charge is 0.0132 e. The van der Waals surface area contributed by atoms with Crippen LogP contribution in [0.1, 0.15) is 38.5 Å². The van der Waals surface area contributed by atoms with E-state index in [4.69, 9.17) is 0 Å². The molecule has 0 heteroatoms. The van der Waals surface area contributed by atoms with Crippen molar-refractivity contribution < 1.29 is 0 Å². The van der Waals surface area contributed by atoms with Crippen LogP contribution in [0, 0.1) is 23.7 Å². The van der Waals surface area contributed by atoms with Crippen LogP contribution >= 0.6 is 0 Å². The van der Waals surface area contributed by atoms with Crippen LogP contribution in [0.15, 0.2) is 11.1 Å². The van der Waals surface area contributed by atoms with Crippen LogP contribution in [0.4, 0.5) is 0 Å². The summed E-state index contributed by atoms with van der Waals surface area (Å²) in [6.45, 7) is 0. The van der Waals surface area contributed by atoms with Crippen LogP contribution in [0.5, 0.6) is 0 Å². The van der Waals surface area contributed by atoms with E-state index in [9.17, 15) is 0 Å². The highest BCUT2D eigenvalue weighted by Crippen LogP contribution is 2.67. The van der Waals surface area contributed by atoms with Crippen LogP contribution in [0.2, 0.25) is 0 Å². The molecule has 4 aliphatic carbocycles. The Morgan fingerprint density at radius 3 is 1.75 bits per heavy atom. The van der Waals surface area contributed by atoms with Gasteiger partial charge in [-0.1, -0.05) is 24.0 Å². The van der Waals surface area contributed by atoms with Crippen molar-refractivity contribution in [2.24, 2.45) is 23.7 Å². The second kappa shape index (κ2) is 1.81. The van der Waals surface area contributed by atoms with E-state index in [2.05, 4.69) is 0 Å². The number of rotatable bonds is 0. The molecule has 4 unspecified atom stereocenters. The SMILES string of the molecule is C1CCC2C3CC3=C3CC3C2C1. The highest BCUT2D eigenvalue weighted by molar-refractivity contribution is 5.45. The van der Waals surface area contributed by atoms with Gasteiger partial charge in [0, 0.05) is 0 Å². The lowest BCUT2D eigenvalue weighted by atomic mass is 9.72. The molecule has 0 aromatic carbocycles. The zero-order valence-corrected chi connectivity index (χ0v) is 7.55. The highest BCUT2D eigenvalue weighted by Gasteiger charge is 2.56. The van der Waals surface area contributed by atoms with Crippen molar-refractivity contribution >= 4 is 0 Å². The fourth-order valence-electron chi connectivity index (χ4n) is 4.10. The minimum Gasteiger partial charge on any atom is -0.0664 e. The van der Waals surface area contributed by atoms with Crippen LogP contribution in [-0.4, -0.2) is 0 Å². The van der Waals surface area contributed by atoms with E-state index in [-0.39, 0.29) is 0 Å². The quantitative estimate of drug-likeness (QED) is 0.477. The van der Waals surface area contributed by atoms with Gasteiger partial charge in [0.15, 0.2) is 0 Å². The molecule has 0 amide bonds. The summed E-state index contributed by atoms with van der Waals surface area (Å²) in [6, 6.07) is 0. The Labute approximate surface area is 74.0 Å². The summed E-state index contributed by atoms with van der Waals surface area (Å²) in [5.74, 6) is 4.54. The summed E-state index contributed by atoms with van der Waals surface area (Å²) < 4.78 is 0. The maximum absolute atomic E-state index is 1.93. The van der Waals surface area contributed by atoms with E-state index in [1.807, 2.05) is 11.1 Å². The summed E-state index contributed by atoms with van der Waals surface area (Å²) >= 11 is 0. The van der Waals surface area contributed by atoms with Crippen LogP contribution in [0.3, 0.4) is 0 Å². The van der Waals surface area contributed by atoms with Gasteiger partial charge in [0.2, 0.25) is 0 Å². The monoisotopic (exact) mass is 160 g/mol. The fourth-order valence-corrected chi connectivity index (χ4v) is 4.10. The Balaban J connectivity index is 1.76. The first-order valence-electron chi connectivity index (χ1n) is 5.67. The van der Waals surface area contributed by atoms with Crippen molar-refractivity contribution in [2.75, 3.05) is 0 Å². The normalized spacial score (nSPS) is 54.0. The first-order chi connectivity index (χ1) is 5.95. The molecule has 4 atom stereocenters. The lowest BCUT2D eigenvalue weighted by molar-refractivity contribution is 0.190. The van der Waals surface area contributed by atoms with Gasteiger partial charge in [0.25, 0.3) is 0 Å². The van der Waals surface area contributed by atoms with Gasteiger partial charge in [0.1, 0.15) is 0 Å². The minimum atomic E-state index is 1.11. The van der Waals surface area contributed by atoms with Gasteiger partial charge < -0.3 is 0 Å². The lowest BCUT2D eigenvalue weighted by Crippen LogP contribution is -2.24. The lowest BCUT2D eigenvalue weighted by Gasteiger charge is -2.33. The maximum Gasteiger partial charge on any atom is -0.0132 e. The molecule has 0 spiro atoms. The standard InChI is InChI=1S/C12H16/c1-2-4-8-7(3-1)9-5-11(9)12-6-10(8)12/h7-10H,1-6H2. The first kappa shape index (κ1) is 6.23. The molecule has 0 aromatic heterocycles. The van der Waals surface area contributed by atoms with Crippen molar-refractivity contribution in [1.82, 2.24) is 0 Å². The van der Waals surface area contributed by atoms with Gasteiger partial charge >= 0.3 is 0 Å². The molecular weight excluding hydrogens is 144 g/mol. The van der Waals surface area contributed by atoms with Gasteiger partial charge in [-0.3, -0.25) is 0 Å². The Kier molecular flexibility index (Phi) is 0.939. The molecular formula is C12H16. The molecule has 0 bridgehead atoms. The third-order valence-corrected chi connectivity index (χ3v) is 4.78. The number of fused-ring (bicyclic) bond motifs is 5. The average Bonchev–Trinajstić information content (AvgIpc) is 2.98. The fraction of sp³-hybridized carbons (Fsp3) is 0.833. The predicted octanol–water partition coefficient (Wildman–Crippen LogP) is 3.14. The molecule has 0 heterocycles. The number of hydrogen-bond donors (Lipinski definition) is 0. The maximum atomic E-state index is 1.93. The molecule has 4 rings (SSSR count). The molecule has 0 saturated heterocycles. The highest BCUT2D eigenvalue weighted by atomic mass is 14.6. The summed E-state index contributed by atoms with van der Waals surface area (Å²) in [4.78, 5) is 0. The third kappa shape index (κ3) is 0.616. The van der Waals surface area contributed by atoms with Gasteiger partial charge in [0.05, 0.1) is 0 Å². The van der Waals surface area contributed by atoms with E-state index in [0.717, 1.165) is 23.7 Å². The van der Waals surface area contributed by atoms with E-state index >= 15 is 0 Å². The predicted molar refractivity (Wildman–Crippen MR) is 48.7 cm³/mol. The Morgan fingerprint density at radius 1 is 0.750 bits per heavy atom. The van der Waals surface area contributed by atoms with E-state index in [1.165, 1.54) is 25.7 Å². The molecule has 0 aliphatic heterocycles. The zero-order valence-electron chi connectivity index (χ0n) is 7.55. The van der Waals surface area contributed by atoms with Crippen molar-refractivity contribution in [3.05, 3.63) is 11.1 Å². The van der Waals surface area contributed by atoms with Gasteiger partial charge in [-0.2, -0.15) is 0 Å². The number of hydrogen-bond acceptors (Lipinski definition) is 0. The first-order valence-corrected chi connectivity index (χ1v) is 5.67. The summed E-state index contributed by atoms with van der Waals surface area (Å²) in [7, 11) is 0. The van der Waals surface area contributed by atoms with Gasteiger partial charge in [-0.05, 0) is 49.4 Å². The minimum absolute atomic E-state index is 1.11. The van der Waals surface area contributed by atoms with Crippen molar-refractivity contribution in [2.45, 2.75) is 38.5 Å². The van der Waals surface area contributed by atoms with Crippen molar-refractivity contribution in [3.8, 4) is 0 Å². The molecule has 0 aromatic rings. The topological polar surface area (TPSA) is 0 Å². The largest absolute Gasteiger partial charge is 0.0664 e. The molecule has 12 heavy (non-hydrogen) atoms. The van der Waals surface area contributed by atoms with E-state index in [0.29, 0.717) is 0 Å². The van der Waals surface area contributed by atoms with Gasteiger partial charge in [-0.15, -0.1) is 0 Å². The molecule has 0 N–H and O–H groups in total. The molecule has 3 saturated carbocycles. The molecule has 3 fully saturated rings. The van der Waals surface area contributed by atoms with Crippen LogP contribution in [0.25, 0.3) is 0 Å². The van der Waals surface area contributed by atoms with Crippen molar-refractivity contribution in [1.29, 1.82) is 0 Å². The summed E-state index contributed by atoms with van der Waals surface area (Å²) in [6.07, 6.45) is 9.26. The van der Waals surface area contributed by atoms with Crippen molar-refractivity contribution in [3.63, 3.8) is 0 Å².